The molecule has 3 N–H and O–H groups in total. The Hall–Kier alpha value is -1.67. The van der Waals surface area contributed by atoms with Crippen molar-refractivity contribution >= 4 is 34.2 Å². The fourth-order valence-electron chi connectivity index (χ4n) is 1.09. The van der Waals surface area contributed by atoms with Crippen molar-refractivity contribution in [1.29, 1.82) is 0 Å². The zero-order valence-electron chi connectivity index (χ0n) is 8.53. The van der Waals surface area contributed by atoms with E-state index in [2.05, 4.69) is 15.2 Å². The molecule has 0 fully saturated rings. The second kappa shape index (κ2) is 5.11. The molecular formula is C9H8N4O2S2. The normalized spacial score (nSPS) is 10.4. The van der Waals surface area contributed by atoms with Crippen molar-refractivity contribution < 1.29 is 9.90 Å². The average Bonchev–Trinajstić information content (AvgIpc) is 2.73. The van der Waals surface area contributed by atoms with Crippen molar-refractivity contribution in [3.05, 3.63) is 29.6 Å². The minimum atomic E-state index is -1.03. The molecule has 0 amide bonds. The Balaban J connectivity index is 2.04. The van der Waals surface area contributed by atoms with Gasteiger partial charge in [-0.15, -0.1) is 10.2 Å². The van der Waals surface area contributed by atoms with E-state index < -0.39 is 5.97 Å². The van der Waals surface area contributed by atoms with E-state index in [1.165, 1.54) is 29.2 Å². The van der Waals surface area contributed by atoms with Gasteiger partial charge in [-0.2, -0.15) is 0 Å². The second-order valence-electron chi connectivity index (χ2n) is 3.01. The summed E-state index contributed by atoms with van der Waals surface area (Å²) in [5.74, 6) is -0.493. The van der Waals surface area contributed by atoms with Crippen molar-refractivity contribution in [2.45, 2.75) is 10.1 Å². The lowest BCUT2D eigenvalue weighted by atomic mass is 10.3. The first-order valence-electron chi connectivity index (χ1n) is 4.56. The lowest BCUT2D eigenvalue weighted by Gasteiger charge is -1.99. The van der Waals surface area contributed by atoms with E-state index in [4.69, 9.17) is 10.8 Å². The molecule has 0 aromatic carbocycles. The van der Waals surface area contributed by atoms with Crippen LogP contribution in [0.2, 0.25) is 0 Å². The first kappa shape index (κ1) is 11.8. The number of pyridine rings is 1. The molecule has 0 saturated heterocycles. The smallest absolute Gasteiger partial charge is 0.354 e. The third kappa shape index (κ3) is 3.14. The van der Waals surface area contributed by atoms with Gasteiger partial charge in [0.15, 0.2) is 4.34 Å². The molecule has 0 saturated carbocycles. The van der Waals surface area contributed by atoms with Crippen LogP contribution in [0, 0.1) is 0 Å². The number of aromatic nitrogens is 3. The molecule has 2 heterocycles. The largest absolute Gasteiger partial charge is 0.477 e. The summed E-state index contributed by atoms with van der Waals surface area (Å²) in [6.07, 6.45) is 0. The number of nitrogens with two attached hydrogens (primary N) is 1. The molecule has 0 aliphatic carbocycles. The van der Waals surface area contributed by atoms with Crippen LogP contribution in [0.4, 0.5) is 5.13 Å². The number of carboxylic acid groups (broad SMARTS) is 1. The molecule has 2 aromatic heterocycles. The maximum Gasteiger partial charge on any atom is 0.354 e. The Labute approximate surface area is 105 Å². The molecule has 0 spiro atoms. The van der Waals surface area contributed by atoms with Crippen molar-refractivity contribution in [2.24, 2.45) is 0 Å². The Morgan fingerprint density at radius 2 is 2.29 bits per heavy atom. The molecular weight excluding hydrogens is 260 g/mol. The number of hydrogen-bond donors (Lipinski definition) is 2. The van der Waals surface area contributed by atoms with E-state index in [9.17, 15) is 4.79 Å². The minimum Gasteiger partial charge on any atom is -0.477 e. The molecule has 8 heteroatoms. The second-order valence-corrected chi connectivity index (χ2v) is 5.25. The van der Waals surface area contributed by atoms with Gasteiger partial charge in [0, 0.05) is 5.75 Å². The first-order valence-corrected chi connectivity index (χ1v) is 6.36. The van der Waals surface area contributed by atoms with E-state index in [0.29, 0.717) is 16.6 Å². The van der Waals surface area contributed by atoms with Crippen LogP contribution in [0.5, 0.6) is 0 Å². The van der Waals surface area contributed by atoms with Gasteiger partial charge in [0.05, 0.1) is 5.69 Å². The number of hydrogen-bond acceptors (Lipinski definition) is 7. The highest BCUT2D eigenvalue weighted by atomic mass is 32.2. The molecule has 88 valence electrons. The van der Waals surface area contributed by atoms with Crippen LogP contribution in [-0.4, -0.2) is 26.3 Å². The Bertz CT molecular complexity index is 543. The molecule has 2 aromatic rings. The molecule has 0 radical (unpaired) electrons. The Morgan fingerprint density at radius 1 is 1.47 bits per heavy atom. The number of thioether (sulfide) groups is 1. The number of carbonyl (C=O) groups is 1. The SMILES string of the molecule is Nc1nnc(SCc2cccc(C(=O)O)n2)s1. The summed E-state index contributed by atoms with van der Waals surface area (Å²) < 4.78 is 0.741. The summed E-state index contributed by atoms with van der Waals surface area (Å²) in [6, 6.07) is 4.89. The minimum absolute atomic E-state index is 0.0416. The quantitative estimate of drug-likeness (QED) is 0.810. The van der Waals surface area contributed by atoms with Crippen LogP contribution in [-0.2, 0) is 5.75 Å². The third-order valence-electron chi connectivity index (χ3n) is 1.79. The van der Waals surface area contributed by atoms with Crippen LogP contribution in [0.25, 0.3) is 0 Å². The lowest BCUT2D eigenvalue weighted by Crippen LogP contribution is -2.01. The van der Waals surface area contributed by atoms with Crippen molar-refractivity contribution in [3.8, 4) is 0 Å². The molecule has 0 atom stereocenters. The van der Waals surface area contributed by atoms with E-state index in [-0.39, 0.29) is 5.69 Å². The summed E-state index contributed by atoms with van der Waals surface area (Å²) >= 11 is 2.72. The standard InChI is InChI=1S/C9H8N4O2S2/c10-8-12-13-9(17-8)16-4-5-2-1-3-6(11-5)7(14)15/h1-3H,4H2,(H2,10,12)(H,14,15). The fraction of sp³-hybridized carbons (Fsp3) is 0.111. The van der Waals surface area contributed by atoms with E-state index in [1.807, 2.05) is 0 Å². The van der Waals surface area contributed by atoms with E-state index in [0.717, 1.165) is 4.34 Å². The molecule has 0 aliphatic rings. The van der Waals surface area contributed by atoms with Crippen molar-refractivity contribution in [3.63, 3.8) is 0 Å². The van der Waals surface area contributed by atoms with Gasteiger partial charge < -0.3 is 10.8 Å². The predicted octanol–water partition coefficient (Wildman–Crippen LogP) is 1.51. The number of nitrogens with zero attached hydrogens (tertiary/aromatic N) is 3. The van der Waals surface area contributed by atoms with E-state index in [1.54, 1.807) is 12.1 Å². The van der Waals surface area contributed by atoms with Crippen LogP contribution in [0.3, 0.4) is 0 Å². The van der Waals surface area contributed by atoms with Gasteiger partial charge in [-0.05, 0) is 12.1 Å². The van der Waals surface area contributed by atoms with Crippen molar-refractivity contribution in [1.82, 2.24) is 15.2 Å². The lowest BCUT2D eigenvalue weighted by molar-refractivity contribution is 0.0690. The number of nitrogen functional groups attached to an aromatic ring is 1. The van der Waals surface area contributed by atoms with Crippen molar-refractivity contribution in [2.75, 3.05) is 5.73 Å². The van der Waals surface area contributed by atoms with Crippen LogP contribution >= 0.6 is 23.1 Å². The summed E-state index contributed by atoms with van der Waals surface area (Å²) in [4.78, 5) is 14.7. The van der Waals surface area contributed by atoms with Gasteiger partial charge >= 0.3 is 5.97 Å². The monoisotopic (exact) mass is 268 g/mol. The number of carboxylic acids is 1. The van der Waals surface area contributed by atoms with Gasteiger partial charge in [0.25, 0.3) is 0 Å². The van der Waals surface area contributed by atoms with Crippen LogP contribution in [0.1, 0.15) is 16.2 Å². The highest BCUT2D eigenvalue weighted by molar-refractivity contribution is 8.00. The highest BCUT2D eigenvalue weighted by Gasteiger charge is 2.07. The average molecular weight is 268 g/mol. The summed E-state index contributed by atoms with van der Waals surface area (Å²) in [5, 5.41) is 16.7. The Morgan fingerprint density at radius 3 is 2.94 bits per heavy atom. The first-order chi connectivity index (χ1) is 8.15. The fourth-order valence-corrected chi connectivity index (χ4v) is 2.63. The number of aromatic carboxylic acids is 1. The maximum atomic E-state index is 10.7. The predicted molar refractivity (Wildman–Crippen MR) is 65.1 cm³/mol. The maximum absolute atomic E-state index is 10.7. The molecule has 6 nitrogen and oxygen atoms in total. The van der Waals surface area contributed by atoms with Gasteiger partial charge in [0.1, 0.15) is 5.69 Å². The van der Waals surface area contributed by atoms with Gasteiger partial charge in [0.2, 0.25) is 5.13 Å². The van der Waals surface area contributed by atoms with Crippen LogP contribution in [0.15, 0.2) is 22.5 Å². The molecule has 0 unspecified atom stereocenters. The summed E-state index contributed by atoms with van der Waals surface area (Å²) in [5.41, 5.74) is 6.18. The topological polar surface area (TPSA) is 102 Å². The molecule has 2 rings (SSSR count). The van der Waals surface area contributed by atoms with Gasteiger partial charge in [-0.3, -0.25) is 0 Å². The molecule has 0 bridgehead atoms. The zero-order chi connectivity index (χ0) is 12.3. The number of anilines is 1. The van der Waals surface area contributed by atoms with Gasteiger partial charge in [-0.1, -0.05) is 29.2 Å². The summed E-state index contributed by atoms with van der Waals surface area (Å²) in [7, 11) is 0. The van der Waals surface area contributed by atoms with E-state index >= 15 is 0 Å². The summed E-state index contributed by atoms with van der Waals surface area (Å²) in [6.45, 7) is 0. The third-order valence-corrected chi connectivity index (χ3v) is 3.71. The highest BCUT2D eigenvalue weighted by Crippen LogP contribution is 2.26. The number of rotatable bonds is 4. The van der Waals surface area contributed by atoms with Crippen LogP contribution < -0.4 is 5.73 Å². The zero-order valence-corrected chi connectivity index (χ0v) is 10.2. The molecule has 0 aliphatic heterocycles. The molecule has 17 heavy (non-hydrogen) atoms. The van der Waals surface area contributed by atoms with Gasteiger partial charge in [-0.25, -0.2) is 9.78 Å². The Kier molecular flexibility index (Phi) is 3.55.